The summed E-state index contributed by atoms with van der Waals surface area (Å²) < 4.78 is 8.15. The van der Waals surface area contributed by atoms with Crippen LogP contribution in [0.4, 0.5) is 0 Å². The number of nitrogens with zero attached hydrogens (tertiary/aromatic N) is 2. The number of hydrogen-bond donors (Lipinski definition) is 1. The Bertz CT molecular complexity index is 362. The minimum atomic E-state index is 0.190. The molecule has 2 saturated heterocycles. The third-order valence-corrected chi connectivity index (χ3v) is 5.15. The van der Waals surface area contributed by atoms with Crippen molar-refractivity contribution in [3.8, 4) is 0 Å². The summed E-state index contributed by atoms with van der Waals surface area (Å²) in [6, 6.07) is 0.626. The molecule has 18 heavy (non-hydrogen) atoms. The zero-order valence-corrected chi connectivity index (χ0v) is 11.5. The highest BCUT2D eigenvalue weighted by Gasteiger charge is 2.40. The van der Waals surface area contributed by atoms with Crippen LogP contribution in [0.25, 0.3) is 0 Å². The normalized spacial score (nSPS) is 32.1. The highest BCUT2D eigenvalue weighted by atomic mass is 32.2. The van der Waals surface area contributed by atoms with E-state index in [1.807, 2.05) is 30.5 Å². The first-order valence-corrected chi connectivity index (χ1v) is 7.93. The van der Waals surface area contributed by atoms with Crippen LogP contribution in [0.2, 0.25) is 0 Å². The standard InChI is InChI=1S/C13H21N3OS/c1-7-17-13(2-8-18-10-13)9-12(1)15-4-6-16-5-3-14-11-16/h3,5,11-12,15H,1-2,4,6-10H2. The number of hydrogen-bond acceptors (Lipinski definition) is 4. The first-order valence-electron chi connectivity index (χ1n) is 6.77. The first-order chi connectivity index (χ1) is 8.86. The van der Waals surface area contributed by atoms with Crippen molar-refractivity contribution in [1.29, 1.82) is 0 Å². The van der Waals surface area contributed by atoms with E-state index in [0.29, 0.717) is 6.04 Å². The molecule has 0 saturated carbocycles. The average Bonchev–Trinajstić information content (AvgIpc) is 3.02. The van der Waals surface area contributed by atoms with Gasteiger partial charge < -0.3 is 14.6 Å². The third-order valence-electron chi connectivity index (χ3n) is 3.92. The van der Waals surface area contributed by atoms with Crippen molar-refractivity contribution in [2.75, 3.05) is 24.7 Å². The molecule has 1 spiro atoms. The predicted octanol–water partition coefficient (Wildman–Crippen LogP) is 1.53. The fraction of sp³-hybridized carbons (Fsp3) is 0.769. The Kier molecular flexibility index (Phi) is 3.91. The highest BCUT2D eigenvalue weighted by molar-refractivity contribution is 7.99. The maximum atomic E-state index is 6.03. The zero-order valence-electron chi connectivity index (χ0n) is 10.7. The fourth-order valence-electron chi connectivity index (χ4n) is 2.88. The molecule has 2 aliphatic rings. The lowest BCUT2D eigenvalue weighted by molar-refractivity contribution is -0.0700. The molecule has 100 valence electrons. The Morgan fingerprint density at radius 1 is 1.56 bits per heavy atom. The lowest BCUT2D eigenvalue weighted by atomic mass is 9.90. The summed E-state index contributed by atoms with van der Waals surface area (Å²) in [6.07, 6.45) is 9.29. The molecular formula is C13H21N3OS. The number of aromatic nitrogens is 2. The monoisotopic (exact) mass is 267 g/mol. The van der Waals surface area contributed by atoms with Gasteiger partial charge in [-0.25, -0.2) is 4.98 Å². The molecule has 2 atom stereocenters. The third kappa shape index (κ3) is 2.90. The largest absolute Gasteiger partial charge is 0.374 e. The van der Waals surface area contributed by atoms with E-state index in [1.165, 1.54) is 24.3 Å². The molecule has 1 aromatic rings. The molecular weight excluding hydrogens is 246 g/mol. The van der Waals surface area contributed by atoms with E-state index in [-0.39, 0.29) is 5.60 Å². The second-order valence-corrected chi connectivity index (χ2v) is 6.38. The van der Waals surface area contributed by atoms with Gasteiger partial charge in [0.25, 0.3) is 0 Å². The van der Waals surface area contributed by atoms with Gasteiger partial charge in [0, 0.05) is 43.9 Å². The van der Waals surface area contributed by atoms with Crippen molar-refractivity contribution in [3.63, 3.8) is 0 Å². The molecule has 3 heterocycles. The lowest BCUT2D eigenvalue weighted by Gasteiger charge is -2.38. The molecule has 3 rings (SSSR count). The number of rotatable bonds is 4. The van der Waals surface area contributed by atoms with E-state index in [1.54, 1.807) is 0 Å². The van der Waals surface area contributed by atoms with Gasteiger partial charge in [-0.15, -0.1) is 0 Å². The van der Waals surface area contributed by atoms with E-state index in [0.717, 1.165) is 26.1 Å². The average molecular weight is 267 g/mol. The van der Waals surface area contributed by atoms with Crippen LogP contribution in [0.1, 0.15) is 19.3 Å². The van der Waals surface area contributed by atoms with Crippen LogP contribution in [0, 0.1) is 0 Å². The summed E-state index contributed by atoms with van der Waals surface area (Å²) in [5.74, 6) is 2.45. The Labute approximate surface area is 112 Å². The van der Waals surface area contributed by atoms with E-state index >= 15 is 0 Å². The predicted molar refractivity (Wildman–Crippen MR) is 73.9 cm³/mol. The molecule has 5 heteroatoms. The van der Waals surface area contributed by atoms with Crippen LogP contribution >= 0.6 is 11.8 Å². The van der Waals surface area contributed by atoms with Crippen LogP contribution in [-0.2, 0) is 11.3 Å². The summed E-state index contributed by atoms with van der Waals surface area (Å²) in [7, 11) is 0. The fourth-order valence-corrected chi connectivity index (χ4v) is 4.26. The van der Waals surface area contributed by atoms with E-state index in [2.05, 4.69) is 14.9 Å². The summed E-state index contributed by atoms with van der Waals surface area (Å²) in [5.41, 5.74) is 0.190. The van der Waals surface area contributed by atoms with Gasteiger partial charge in [0.1, 0.15) is 0 Å². The first kappa shape index (κ1) is 12.5. The second kappa shape index (κ2) is 5.63. The van der Waals surface area contributed by atoms with E-state index < -0.39 is 0 Å². The van der Waals surface area contributed by atoms with E-state index in [9.17, 15) is 0 Å². The van der Waals surface area contributed by atoms with Crippen molar-refractivity contribution in [1.82, 2.24) is 14.9 Å². The number of ether oxygens (including phenoxy) is 1. The Morgan fingerprint density at radius 2 is 2.56 bits per heavy atom. The van der Waals surface area contributed by atoms with E-state index in [4.69, 9.17) is 4.74 Å². The Morgan fingerprint density at radius 3 is 3.33 bits per heavy atom. The van der Waals surface area contributed by atoms with Crippen LogP contribution in [0.5, 0.6) is 0 Å². The summed E-state index contributed by atoms with van der Waals surface area (Å²) in [4.78, 5) is 4.06. The molecule has 2 aliphatic heterocycles. The van der Waals surface area contributed by atoms with Gasteiger partial charge in [-0.05, 0) is 25.0 Å². The molecule has 0 radical (unpaired) electrons. The van der Waals surface area contributed by atoms with Gasteiger partial charge in [-0.1, -0.05) is 0 Å². The van der Waals surface area contributed by atoms with Crippen LogP contribution < -0.4 is 5.32 Å². The molecule has 1 N–H and O–H groups in total. The van der Waals surface area contributed by atoms with Crippen molar-refractivity contribution < 1.29 is 4.74 Å². The van der Waals surface area contributed by atoms with Gasteiger partial charge in [0.15, 0.2) is 0 Å². The lowest BCUT2D eigenvalue weighted by Crippen LogP contribution is -2.47. The van der Waals surface area contributed by atoms with Crippen molar-refractivity contribution in [2.45, 2.75) is 37.5 Å². The zero-order chi connectivity index (χ0) is 12.3. The molecule has 0 aromatic carbocycles. The molecule has 2 fully saturated rings. The summed E-state index contributed by atoms with van der Waals surface area (Å²) >= 11 is 2.04. The van der Waals surface area contributed by atoms with Crippen molar-refractivity contribution in [3.05, 3.63) is 18.7 Å². The second-order valence-electron chi connectivity index (χ2n) is 5.28. The van der Waals surface area contributed by atoms with Gasteiger partial charge in [0.2, 0.25) is 0 Å². The van der Waals surface area contributed by atoms with Gasteiger partial charge in [-0.3, -0.25) is 0 Å². The maximum Gasteiger partial charge on any atom is 0.0946 e. The molecule has 0 amide bonds. The Balaban J connectivity index is 1.45. The molecule has 2 unspecified atom stereocenters. The quantitative estimate of drug-likeness (QED) is 0.898. The van der Waals surface area contributed by atoms with Gasteiger partial charge in [-0.2, -0.15) is 11.8 Å². The molecule has 0 bridgehead atoms. The van der Waals surface area contributed by atoms with Crippen LogP contribution in [-0.4, -0.2) is 45.9 Å². The van der Waals surface area contributed by atoms with Crippen molar-refractivity contribution in [2.24, 2.45) is 0 Å². The van der Waals surface area contributed by atoms with Gasteiger partial charge >= 0.3 is 0 Å². The SMILES string of the molecule is c1cn(CCNC2CCOC3(CCSC3)C2)cn1. The topological polar surface area (TPSA) is 39.1 Å². The maximum absolute atomic E-state index is 6.03. The Hall–Kier alpha value is -0.520. The summed E-state index contributed by atoms with van der Waals surface area (Å²) in [5, 5.41) is 3.67. The van der Waals surface area contributed by atoms with Crippen LogP contribution in [0.15, 0.2) is 18.7 Å². The van der Waals surface area contributed by atoms with Crippen LogP contribution in [0.3, 0.4) is 0 Å². The minimum absolute atomic E-state index is 0.190. The van der Waals surface area contributed by atoms with Gasteiger partial charge in [0.05, 0.1) is 11.9 Å². The van der Waals surface area contributed by atoms with Crippen molar-refractivity contribution >= 4 is 11.8 Å². The summed E-state index contributed by atoms with van der Waals surface area (Å²) in [6.45, 7) is 2.94. The number of imidazole rings is 1. The number of thioether (sulfide) groups is 1. The molecule has 0 aliphatic carbocycles. The minimum Gasteiger partial charge on any atom is -0.374 e. The smallest absolute Gasteiger partial charge is 0.0946 e. The highest BCUT2D eigenvalue weighted by Crippen LogP contribution is 2.38. The molecule has 4 nitrogen and oxygen atoms in total. The number of nitrogens with one attached hydrogen (secondary N) is 1. The molecule has 1 aromatic heterocycles.